The van der Waals surface area contributed by atoms with E-state index in [4.69, 9.17) is 0 Å². The maximum absolute atomic E-state index is 12.4. The summed E-state index contributed by atoms with van der Waals surface area (Å²) < 4.78 is 2.08. The summed E-state index contributed by atoms with van der Waals surface area (Å²) in [5.41, 5.74) is 3.01. The number of amides is 2. The number of nitrogens with zero attached hydrogens (tertiary/aromatic N) is 2. The molecule has 1 saturated heterocycles. The molecule has 2 heterocycles. The fraction of sp³-hybridized carbons (Fsp3) is 0.222. The van der Waals surface area contributed by atoms with Crippen molar-refractivity contribution in [3.8, 4) is 5.69 Å². The van der Waals surface area contributed by atoms with Crippen molar-refractivity contribution in [2.24, 2.45) is 0 Å². The molecule has 1 aliphatic heterocycles. The van der Waals surface area contributed by atoms with Gasteiger partial charge in [-0.05, 0) is 55.4 Å². The quantitative estimate of drug-likeness (QED) is 0.790. The molecule has 0 spiro atoms. The Kier molecular flexibility index (Phi) is 4.39. The van der Waals surface area contributed by atoms with Crippen LogP contribution >= 0.6 is 11.8 Å². The molecule has 1 aliphatic rings. The summed E-state index contributed by atoms with van der Waals surface area (Å²) in [6.45, 7) is 4.45. The molecule has 118 valence electrons. The van der Waals surface area contributed by atoms with E-state index in [1.807, 2.05) is 56.3 Å². The summed E-state index contributed by atoms with van der Waals surface area (Å²) in [5, 5.41) is -0.183. The van der Waals surface area contributed by atoms with Gasteiger partial charge in [0.15, 0.2) is 0 Å². The monoisotopic (exact) mass is 326 g/mol. The molecule has 2 aromatic rings. The topological polar surface area (TPSA) is 42.3 Å². The SMILES string of the molecule is CCCN1C(=O)S/C(=C\c2ccc(C)n2-c2ccccc2)C1=O. The highest BCUT2D eigenvalue weighted by molar-refractivity contribution is 8.18. The number of aromatic nitrogens is 1. The average molecular weight is 326 g/mol. The van der Waals surface area contributed by atoms with Crippen LogP contribution in [0.2, 0.25) is 0 Å². The van der Waals surface area contributed by atoms with E-state index >= 15 is 0 Å². The van der Waals surface area contributed by atoms with Crippen LogP contribution in [0.5, 0.6) is 0 Å². The highest BCUT2D eigenvalue weighted by Crippen LogP contribution is 2.33. The molecule has 0 N–H and O–H groups in total. The Morgan fingerprint density at radius 2 is 1.83 bits per heavy atom. The average Bonchev–Trinajstić information content (AvgIpc) is 3.04. The number of imide groups is 1. The number of thioether (sulfide) groups is 1. The summed E-state index contributed by atoms with van der Waals surface area (Å²) >= 11 is 1.01. The number of benzene rings is 1. The molecule has 1 fully saturated rings. The van der Waals surface area contributed by atoms with E-state index < -0.39 is 0 Å². The van der Waals surface area contributed by atoms with E-state index in [9.17, 15) is 9.59 Å². The Morgan fingerprint density at radius 3 is 2.52 bits per heavy atom. The molecule has 1 aromatic carbocycles. The molecule has 23 heavy (non-hydrogen) atoms. The second-order valence-corrected chi connectivity index (χ2v) is 6.40. The first-order chi connectivity index (χ1) is 11.1. The van der Waals surface area contributed by atoms with Crippen molar-refractivity contribution < 1.29 is 9.59 Å². The number of para-hydroxylation sites is 1. The third kappa shape index (κ3) is 2.97. The molecular weight excluding hydrogens is 308 g/mol. The fourth-order valence-electron chi connectivity index (χ4n) is 2.65. The minimum absolute atomic E-state index is 0.183. The first-order valence-corrected chi connectivity index (χ1v) is 8.42. The lowest BCUT2D eigenvalue weighted by molar-refractivity contribution is -0.122. The van der Waals surface area contributed by atoms with Crippen LogP contribution in [0.4, 0.5) is 4.79 Å². The number of aryl methyl sites for hydroxylation is 1. The number of hydrogen-bond acceptors (Lipinski definition) is 3. The zero-order valence-electron chi connectivity index (χ0n) is 13.2. The Hall–Kier alpha value is -2.27. The summed E-state index contributed by atoms with van der Waals surface area (Å²) in [6.07, 6.45) is 2.57. The van der Waals surface area contributed by atoms with E-state index in [0.29, 0.717) is 11.4 Å². The Morgan fingerprint density at radius 1 is 1.09 bits per heavy atom. The fourth-order valence-corrected chi connectivity index (χ4v) is 3.50. The molecule has 5 heteroatoms. The van der Waals surface area contributed by atoms with Crippen molar-refractivity contribution in [2.75, 3.05) is 6.54 Å². The number of hydrogen-bond donors (Lipinski definition) is 0. The van der Waals surface area contributed by atoms with Gasteiger partial charge in [0, 0.05) is 23.6 Å². The van der Waals surface area contributed by atoms with E-state index in [-0.39, 0.29) is 11.1 Å². The van der Waals surface area contributed by atoms with Gasteiger partial charge in [-0.25, -0.2) is 0 Å². The first-order valence-electron chi connectivity index (χ1n) is 7.61. The van der Waals surface area contributed by atoms with Crippen molar-refractivity contribution in [1.29, 1.82) is 0 Å². The molecule has 3 rings (SSSR count). The van der Waals surface area contributed by atoms with Crippen LogP contribution in [0.15, 0.2) is 47.4 Å². The molecule has 0 saturated carbocycles. The highest BCUT2D eigenvalue weighted by atomic mass is 32.2. The lowest BCUT2D eigenvalue weighted by Crippen LogP contribution is -2.28. The van der Waals surface area contributed by atoms with Crippen molar-refractivity contribution >= 4 is 29.0 Å². The maximum Gasteiger partial charge on any atom is 0.293 e. The normalized spacial score (nSPS) is 16.6. The third-order valence-electron chi connectivity index (χ3n) is 3.72. The maximum atomic E-state index is 12.4. The van der Waals surface area contributed by atoms with Gasteiger partial charge in [-0.3, -0.25) is 14.5 Å². The Labute approximate surface area is 139 Å². The summed E-state index contributed by atoms with van der Waals surface area (Å²) in [4.78, 5) is 26.1. The predicted molar refractivity (Wildman–Crippen MR) is 93.5 cm³/mol. The van der Waals surface area contributed by atoms with E-state index in [0.717, 1.165) is 35.3 Å². The smallest absolute Gasteiger partial charge is 0.293 e. The van der Waals surface area contributed by atoms with Crippen molar-refractivity contribution in [3.05, 3.63) is 58.8 Å². The van der Waals surface area contributed by atoms with Crippen LogP contribution in [0.1, 0.15) is 24.7 Å². The van der Waals surface area contributed by atoms with Crippen molar-refractivity contribution in [3.63, 3.8) is 0 Å². The Bertz CT molecular complexity index is 778. The van der Waals surface area contributed by atoms with Crippen LogP contribution in [0.3, 0.4) is 0 Å². The van der Waals surface area contributed by atoms with Crippen molar-refractivity contribution in [2.45, 2.75) is 20.3 Å². The number of carbonyl (C=O) groups is 2. The second kappa shape index (κ2) is 6.46. The minimum Gasteiger partial charge on any atom is -0.314 e. The van der Waals surface area contributed by atoms with Gasteiger partial charge in [0.25, 0.3) is 11.1 Å². The molecule has 1 aromatic heterocycles. The van der Waals surface area contributed by atoms with Gasteiger partial charge in [-0.2, -0.15) is 0 Å². The van der Waals surface area contributed by atoms with Gasteiger partial charge in [-0.15, -0.1) is 0 Å². The first kappa shape index (κ1) is 15.6. The summed E-state index contributed by atoms with van der Waals surface area (Å²) in [6, 6.07) is 13.9. The standard InChI is InChI=1S/C18H18N2O2S/c1-3-11-19-17(21)16(23-18(19)22)12-15-10-9-13(2)20(15)14-7-5-4-6-8-14/h4-10,12H,3,11H2,1-2H3/b16-12-. The highest BCUT2D eigenvalue weighted by Gasteiger charge is 2.34. The molecule has 0 radical (unpaired) electrons. The molecule has 4 nitrogen and oxygen atoms in total. The molecule has 2 amide bonds. The number of rotatable bonds is 4. The van der Waals surface area contributed by atoms with Crippen LogP contribution in [0.25, 0.3) is 11.8 Å². The van der Waals surface area contributed by atoms with Gasteiger partial charge in [-0.1, -0.05) is 25.1 Å². The van der Waals surface area contributed by atoms with Gasteiger partial charge in [0.2, 0.25) is 0 Å². The predicted octanol–water partition coefficient (Wildman–Crippen LogP) is 4.23. The molecule has 0 bridgehead atoms. The summed E-state index contributed by atoms with van der Waals surface area (Å²) in [7, 11) is 0. The third-order valence-corrected chi connectivity index (χ3v) is 4.63. The van der Waals surface area contributed by atoms with Crippen molar-refractivity contribution in [1.82, 2.24) is 9.47 Å². The minimum atomic E-state index is -0.194. The van der Waals surface area contributed by atoms with Crippen LogP contribution in [0, 0.1) is 6.92 Å². The molecule has 0 atom stereocenters. The number of carbonyl (C=O) groups excluding carboxylic acids is 2. The van der Waals surface area contributed by atoms with E-state index in [1.165, 1.54) is 4.90 Å². The Balaban J connectivity index is 1.99. The molecule has 0 aliphatic carbocycles. The molecule has 0 unspecified atom stereocenters. The van der Waals surface area contributed by atoms with Crippen LogP contribution in [-0.2, 0) is 4.79 Å². The van der Waals surface area contributed by atoms with E-state index in [1.54, 1.807) is 6.08 Å². The second-order valence-electron chi connectivity index (χ2n) is 5.40. The zero-order chi connectivity index (χ0) is 16.4. The van der Waals surface area contributed by atoms with Gasteiger partial charge < -0.3 is 4.57 Å². The van der Waals surface area contributed by atoms with E-state index in [2.05, 4.69) is 4.57 Å². The van der Waals surface area contributed by atoms with Crippen LogP contribution < -0.4 is 0 Å². The van der Waals surface area contributed by atoms with Crippen LogP contribution in [-0.4, -0.2) is 27.2 Å². The van der Waals surface area contributed by atoms with Gasteiger partial charge in [0.1, 0.15) is 0 Å². The zero-order valence-corrected chi connectivity index (χ0v) is 14.0. The van der Waals surface area contributed by atoms with Gasteiger partial charge in [0.05, 0.1) is 4.91 Å². The largest absolute Gasteiger partial charge is 0.314 e. The summed E-state index contributed by atoms with van der Waals surface area (Å²) in [5.74, 6) is -0.194. The lowest BCUT2D eigenvalue weighted by Gasteiger charge is -2.10. The lowest BCUT2D eigenvalue weighted by atomic mass is 10.3. The van der Waals surface area contributed by atoms with Gasteiger partial charge >= 0.3 is 0 Å². The molecular formula is C18H18N2O2S.